The lowest BCUT2D eigenvalue weighted by Gasteiger charge is -2.15. The van der Waals surface area contributed by atoms with Crippen LogP contribution in [0.15, 0.2) is 60.7 Å². The predicted molar refractivity (Wildman–Crippen MR) is 111 cm³/mol. The largest absolute Gasteiger partial charge is 0.495 e. The Morgan fingerprint density at radius 2 is 1.33 bits per heavy atom. The van der Waals surface area contributed by atoms with Crippen molar-refractivity contribution in [2.75, 3.05) is 13.7 Å². The SMILES string of the molecule is CCCCCCCCOC(=O)/C(=C(/OC)c1ccccc1)c1ccccc1. The molecule has 0 saturated heterocycles. The number of benzene rings is 2. The minimum absolute atomic E-state index is 0.338. The average Bonchev–Trinajstić information content (AvgIpc) is 2.72. The zero-order chi connectivity index (χ0) is 19.3. The maximum atomic E-state index is 12.9. The summed E-state index contributed by atoms with van der Waals surface area (Å²) in [5, 5.41) is 0. The van der Waals surface area contributed by atoms with E-state index in [1.54, 1.807) is 7.11 Å². The molecule has 2 aromatic carbocycles. The molecule has 0 radical (unpaired) electrons. The number of carbonyl (C=O) groups excluding carboxylic acids is 1. The molecule has 3 nitrogen and oxygen atoms in total. The molecule has 0 atom stereocenters. The maximum Gasteiger partial charge on any atom is 0.342 e. The molecule has 27 heavy (non-hydrogen) atoms. The van der Waals surface area contributed by atoms with Gasteiger partial charge in [-0.3, -0.25) is 0 Å². The zero-order valence-corrected chi connectivity index (χ0v) is 16.4. The Hall–Kier alpha value is -2.55. The van der Waals surface area contributed by atoms with Crippen molar-refractivity contribution < 1.29 is 14.3 Å². The molecule has 0 saturated carbocycles. The van der Waals surface area contributed by atoms with Crippen LogP contribution in [0.25, 0.3) is 11.3 Å². The predicted octanol–water partition coefficient (Wildman–Crippen LogP) is 6.11. The lowest BCUT2D eigenvalue weighted by Crippen LogP contribution is -2.11. The third-order valence-corrected chi connectivity index (χ3v) is 4.46. The van der Waals surface area contributed by atoms with Crippen LogP contribution >= 0.6 is 0 Å². The van der Waals surface area contributed by atoms with E-state index in [1.807, 2.05) is 60.7 Å². The van der Waals surface area contributed by atoms with E-state index in [0.29, 0.717) is 17.9 Å². The summed E-state index contributed by atoms with van der Waals surface area (Å²) in [6.07, 6.45) is 6.94. The molecule has 0 amide bonds. The van der Waals surface area contributed by atoms with Crippen molar-refractivity contribution in [2.45, 2.75) is 45.4 Å². The van der Waals surface area contributed by atoms with E-state index in [0.717, 1.165) is 24.0 Å². The van der Waals surface area contributed by atoms with Gasteiger partial charge in [-0.15, -0.1) is 0 Å². The highest BCUT2D eigenvalue weighted by atomic mass is 16.5. The molecular weight excluding hydrogens is 336 g/mol. The van der Waals surface area contributed by atoms with Gasteiger partial charge in [0, 0.05) is 5.56 Å². The highest BCUT2D eigenvalue weighted by Gasteiger charge is 2.21. The monoisotopic (exact) mass is 366 g/mol. The second-order valence-electron chi connectivity index (χ2n) is 6.54. The van der Waals surface area contributed by atoms with Gasteiger partial charge in [0.05, 0.1) is 13.7 Å². The van der Waals surface area contributed by atoms with E-state index in [9.17, 15) is 4.79 Å². The summed E-state index contributed by atoms with van der Waals surface area (Å²) < 4.78 is 11.2. The standard InChI is InChI=1S/C24H30O3/c1-3-4-5-6-7-14-19-27-24(25)22(20-15-10-8-11-16-20)23(26-2)21-17-12-9-13-18-21/h8-13,15-18H,3-7,14,19H2,1-2H3/b23-22+. The number of hydrogen-bond donors (Lipinski definition) is 0. The van der Waals surface area contributed by atoms with E-state index in [-0.39, 0.29) is 5.97 Å². The summed E-state index contributed by atoms with van der Waals surface area (Å²) in [5.41, 5.74) is 2.12. The summed E-state index contributed by atoms with van der Waals surface area (Å²) in [6, 6.07) is 19.2. The van der Waals surface area contributed by atoms with E-state index in [4.69, 9.17) is 9.47 Å². The van der Waals surface area contributed by atoms with Gasteiger partial charge in [-0.05, 0) is 12.0 Å². The van der Waals surface area contributed by atoms with Crippen LogP contribution in [0, 0.1) is 0 Å². The fourth-order valence-corrected chi connectivity index (χ4v) is 3.02. The summed E-state index contributed by atoms with van der Waals surface area (Å²) in [4.78, 5) is 12.9. The third-order valence-electron chi connectivity index (χ3n) is 4.46. The van der Waals surface area contributed by atoms with Gasteiger partial charge in [-0.2, -0.15) is 0 Å². The van der Waals surface area contributed by atoms with Crippen molar-refractivity contribution in [3.63, 3.8) is 0 Å². The van der Waals surface area contributed by atoms with Crippen molar-refractivity contribution in [2.24, 2.45) is 0 Å². The van der Waals surface area contributed by atoms with Crippen LogP contribution in [0.1, 0.15) is 56.6 Å². The zero-order valence-electron chi connectivity index (χ0n) is 16.4. The summed E-state index contributed by atoms with van der Waals surface area (Å²) in [6.45, 7) is 2.65. The average molecular weight is 367 g/mol. The number of hydrogen-bond acceptors (Lipinski definition) is 3. The molecule has 2 aromatic rings. The highest BCUT2D eigenvalue weighted by molar-refractivity contribution is 6.23. The van der Waals surface area contributed by atoms with Gasteiger partial charge in [0.1, 0.15) is 11.3 Å². The Balaban J connectivity index is 2.14. The number of methoxy groups -OCH3 is 1. The van der Waals surface area contributed by atoms with Crippen LogP contribution in [-0.4, -0.2) is 19.7 Å². The lowest BCUT2D eigenvalue weighted by atomic mass is 10.0. The van der Waals surface area contributed by atoms with E-state index in [2.05, 4.69) is 6.92 Å². The van der Waals surface area contributed by atoms with E-state index >= 15 is 0 Å². The van der Waals surface area contributed by atoms with Crippen molar-refractivity contribution in [3.05, 3.63) is 71.8 Å². The first-order valence-corrected chi connectivity index (χ1v) is 9.84. The van der Waals surface area contributed by atoms with Crippen LogP contribution in [0.2, 0.25) is 0 Å². The van der Waals surface area contributed by atoms with E-state index < -0.39 is 0 Å². The molecule has 0 bridgehead atoms. The first-order valence-electron chi connectivity index (χ1n) is 9.84. The molecule has 0 fully saturated rings. The highest BCUT2D eigenvalue weighted by Crippen LogP contribution is 2.28. The van der Waals surface area contributed by atoms with Gasteiger partial charge < -0.3 is 9.47 Å². The number of carbonyl (C=O) groups is 1. The van der Waals surface area contributed by atoms with E-state index in [1.165, 1.54) is 25.7 Å². The van der Waals surface area contributed by atoms with Gasteiger partial charge in [0.25, 0.3) is 0 Å². The maximum absolute atomic E-state index is 12.9. The molecule has 0 aliphatic heterocycles. The summed E-state index contributed by atoms with van der Waals surface area (Å²) in [7, 11) is 1.59. The van der Waals surface area contributed by atoms with Crippen LogP contribution in [-0.2, 0) is 14.3 Å². The van der Waals surface area contributed by atoms with Gasteiger partial charge in [-0.25, -0.2) is 4.79 Å². The molecule has 3 heteroatoms. The van der Waals surface area contributed by atoms with Crippen molar-refractivity contribution in [1.29, 1.82) is 0 Å². The van der Waals surface area contributed by atoms with Crippen LogP contribution < -0.4 is 0 Å². The summed E-state index contributed by atoms with van der Waals surface area (Å²) in [5.74, 6) is 0.199. The number of unbranched alkanes of at least 4 members (excludes halogenated alkanes) is 5. The molecule has 0 N–H and O–H groups in total. The lowest BCUT2D eigenvalue weighted by molar-refractivity contribution is -0.136. The van der Waals surface area contributed by atoms with Crippen molar-refractivity contribution >= 4 is 17.3 Å². The second kappa shape index (κ2) is 11.9. The summed E-state index contributed by atoms with van der Waals surface area (Å²) >= 11 is 0. The first kappa shape index (κ1) is 20.8. The minimum atomic E-state index is -0.338. The quantitative estimate of drug-likeness (QED) is 0.158. The smallest absolute Gasteiger partial charge is 0.342 e. The Morgan fingerprint density at radius 1 is 0.778 bits per heavy atom. The Bertz CT molecular complexity index is 705. The fraction of sp³-hybridized carbons (Fsp3) is 0.375. The molecule has 0 spiro atoms. The molecule has 144 valence electrons. The van der Waals surface area contributed by atoms with Gasteiger partial charge in [-0.1, -0.05) is 99.7 Å². The molecule has 0 aliphatic rings. The Labute approximate surface area is 163 Å². The molecule has 0 unspecified atom stereocenters. The minimum Gasteiger partial charge on any atom is -0.495 e. The van der Waals surface area contributed by atoms with Crippen molar-refractivity contribution in [3.8, 4) is 0 Å². The molecule has 0 aliphatic carbocycles. The third kappa shape index (κ3) is 6.59. The molecule has 0 heterocycles. The van der Waals surface area contributed by atoms with Crippen LogP contribution in [0.3, 0.4) is 0 Å². The van der Waals surface area contributed by atoms with Crippen LogP contribution in [0.5, 0.6) is 0 Å². The van der Waals surface area contributed by atoms with Gasteiger partial charge >= 0.3 is 5.97 Å². The Morgan fingerprint density at radius 3 is 1.93 bits per heavy atom. The number of esters is 1. The molecule has 2 rings (SSSR count). The van der Waals surface area contributed by atoms with Crippen molar-refractivity contribution in [1.82, 2.24) is 0 Å². The fourth-order valence-electron chi connectivity index (χ4n) is 3.02. The Kier molecular flexibility index (Phi) is 9.19. The normalized spacial score (nSPS) is 11.6. The van der Waals surface area contributed by atoms with Gasteiger partial charge in [0.2, 0.25) is 0 Å². The molecule has 0 aromatic heterocycles. The van der Waals surface area contributed by atoms with Crippen LogP contribution in [0.4, 0.5) is 0 Å². The first-order chi connectivity index (χ1) is 13.3. The second-order valence-corrected chi connectivity index (χ2v) is 6.54. The topological polar surface area (TPSA) is 35.5 Å². The number of ether oxygens (including phenoxy) is 2. The van der Waals surface area contributed by atoms with Gasteiger partial charge in [0.15, 0.2) is 0 Å². The number of rotatable bonds is 11. The molecular formula is C24H30O3.